The van der Waals surface area contributed by atoms with Crippen LogP contribution in [-0.4, -0.2) is 125 Å². The van der Waals surface area contributed by atoms with Crippen molar-refractivity contribution < 1.29 is 99.1 Å². The molecule has 0 aromatic carbocycles. The molecule has 0 amide bonds. The van der Waals surface area contributed by atoms with Gasteiger partial charge in [0.2, 0.25) is 0 Å². The summed E-state index contributed by atoms with van der Waals surface area (Å²) in [5.74, 6) is -9.74. The molecule has 0 aromatic heterocycles. The predicted octanol–water partition coefficient (Wildman–Crippen LogP) is -4.85. The molecule has 20 nitrogen and oxygen atoms in total. The van der Waals surface area contributed by atoms with Gasteiger partial charge in [-0.25, -0.2) is 23.7 Å². The fraction of sp³-hybridized carbons (Fsp3) is 0.538. The highest BCUT2D eigenvalue weighted by molar-refractivity contribution is 7.45. The Labute approximate surface area is 187 Å². The monoisotopic (exact) mass is 530 g/mol. The van der Waals surface area contributed by atoms with Gasteiger partial charge in [0.1, 0.15) is 6.10 Å². The van der Waals surface area contributed by atoms with E-state index in [1.54, 1.807) is 0 Å². The Hall–Kier alpha value is -3.23. The predicted molar refractivity (Wildman–Crippen MR) is 98.0 cm³/mol. The minimum absolute atomic E-state index is 1.14. The summed E-state index contributed by atoms with van der Waals surface area (Å²) in [6.45, 7) is 1.20. The van der Waals surface area contributed by atoms with E-state index in [1.165, 1.54) is 6.92 Å². The zero-order valence-corrected chi connectivity index (χ0v) is 17.7. The molecule has 3 unspecified atom stereocenters. The van der Waals surface area contributed by atoms with Crippen LogP contribution in [0.1, 0.15) is 19.8 Å². The third-order valence-electron chi connectivity index (χ3n) is 2.45. The number of hydrogen-bond donors (Lipinski definition) is 13. The Bertz CT molecular complexity index is 709. The topological polar surface area (TPSA) is 382 Å². The van der Waals surface area contributed by atoms with Crippen LogP contribution < -0.4 is 0 Å². The van der Waals surface area contributed by atoms with Crippen molar-refractivity contribution in [2.45, 2.75) is 43.7 Å². The Morgan fingerprint density at radius 3 is 0.971 bits per heavy atom. The lowest BCUT2D eigenvalue weighted by Gasteiger charge is -2.18. The molecule has 0 aliphatic carbocycles. The molecule has 200 valence electrons. The number of aliphatic hydroxyl groups is 4. The van der Waals surface area contributed by atoms with E-state index >= 15 is 0 Å². The molecular weight excluding hydrogens is 507 g/mol. The van der Waals surface area contributed by atoms with Crippen molar-refractivity contribution in [3.05, 3.63) is 0 Å². The fourth-order valence-electron chi connectivity index (χ4n) is 0.984. The lowest BCUT2D eigenvalue weighted by Crippen LogP contribution is -2.42. The van der Waals surface area contributed by atoms with Crippen molar-refractivity contribution in [3.8, 4) is 0 Å². The minimum Gasteiger partial charge on any atom is -0.481 e. The van der Waals surface area contributed by atoms with E-state index in [4.69, 9.17) is 70.3 Å². The number of carbonyl (C=O) groups is 6. The van der Waals surface area contributed by atoms with Crippen LogP contribution in [0.15, 0.2) is 0 Å². The molecule has 0 aliphatic heterocycles. The highest BCUT2D eigenvalue weighted by atomic mass is 31.2. The van der Waals surface area contributed by atoms with Crippen molar-refractivity contribution >= 4 is 43.6 Å². The Morgan fingerprint density at radius 2 is 0.882 bits per heavy atom. The second-order valence-electron chi connectivity index (χ2n) is 5.57. The van der Waals surface area contributed by atoms with E-state index in [-0.39, 0.29) is 0 Å². The third kappa shape index (κ3) is 26.8. The van der Waals surface area contributed by atoms with Crippen LogP contribution in [0.25, 0.3) is 0 Å². The van der Waals surface area contributed by atoms with E-state index in [9.17, 15) is 28.8 Å². The SMILES string of the molecule is CC(O)C(=O)O.O=C(O)C(O)C(O)C(=O)O.O=C(O)CC(O)(CC(=O)O)C(=O)O.O=P(O)(O)O. The van der Waals surface area contributed by atoms with Gasteiger partial charge in [0.25, 0.3) is 0 Å². The van der Waals surface area contributed by atoms with Crippen LogP contribution in [0, 0.1) is 0 Å². The van der Waals surface area contributed by atoms with Gasteiger partial charge in [-0.3, -0.25) is 9.59 Å². The first-order valence-electron chi connectivity index (χ1n) is 7.79. The fourth-order valence-corrected chi connectivity index (χ4v) is 0.984. The highest BCUT2D eigenvalue weighted by Crippen LogP contribution is 2.25. The first-order valence-corrected chi connectivity index (χ1v) is 9.35. The maximum atomic E-state index is 10.3. The molecule has 0 spiro atoms. The first kappa shape index (κ1) is 38.1. The summed E-state index contributed by atoms with van der Waals surface area (Å²) in [6, 6.07) is 0. The van der Waals surface area contributed by atoms with E-state index < -0.39 is 80.4 Å². The van der Waals surface area contributed by atoms with Crippen LogP contribution in [0.4, 0.5) is 0 Å². The number of hydrogen-bond acceptors (Lipinski definition) is 11. The average Bonchev–Trinajstić information content (AvgIpc) is 2.58. The molecule has 0 bridgehead atoms. The minimum atomic E-state index is -4.64. The number of carboxylic acid groups (broad SMARTS) is 6. The second-order valence-corrected chi connectivity index (χ2v) is 6.60. The number of aliphatic hydroxyl groups excluding tert-OH is 3. The van der Waals surface area contributed by atoms with Crippen LogP contribution >= 0.6 is 7.82 Å². The summed E-state index contributed by atoms with van der Waals surface area (Å²) in [5.41, 5.74) is -2.74. The second kappa shape index (κ2) is 17.3. The summed E-state index contributed by atoms with van der Waals surface area (Å²) >= 11 is 0. The van der Waals surface area contributed by atoms with Gasteiger partial charge in [0.15, 0.2) is 17.8 Å². The Balaban J connectivity index is -0.000000189. The van der Waals surface area contributed by atoms with E-state index in [0.717, 1.165) is 0 Å². The molecule has 0 aromatic rings. The maximum absolute atomic E-state index is 10.3. The third-order valence-corrected chi connectivity index (χ3v) is 2.45. The number of phosphoric acid groups is 1. The zero-order chi connectivity index (χ0) is 28.6. The molecule has 0 fully saturated rings. The smallest absolute Gasteiger partial charge is 0.466 e. The molecule has 0 saturated heterocycles. The lowest BCUT2D eigenvalue weighted by molar-refractivity contribution is -0.170. The highest BCUT2D eigenvalue weighted by Gasteiger charge is 2.40. The van der Waals surface area contributed by atoms with E-state index in [0.29, 0.717) is 0 Å². The molecule has 21 heteroatoms. The molecule has 34 heavy (non-hydrogen) atoms. The van der Waals surface area contributed by atoms with Gasteiger partial charge in [-0.2, -0.15) is 0 Å². The number of rotatable bonds is 9. The van der Waals surface area contributed by atoms with Crippen molar-refractivity contribution in [3.63, 3.8) is 0 Å². The molecule has 13 N–H and O–H groups in total. The molecule has 0 saturated carbocycles. The molecule has 0 aliphatic rings. The van der Waals surface area contributed by atoms with Gasteiger partial charge in [-0.1, -0.05) is 0 Å². The van der Waals surface area contributed by atoms with Gasteiger partial charge in [-0.15, -0.1) is 0 Å². The Morgan fingerprint density at radius 1 is 0.676 bits per heavy atom. The molecule has 0 rings (SSSR count). The van der Waals surface area contributed by atoms with Gasteiger partial charge in [0.05, 0.1) is 12.8 Å². The van der Waals surface area contributed by atoms with Crippen LogP contribution in [-0.2, 0) is 33.3 Å². The molecular formula is C13H23O20P. The molecule has 3 atom stereocenters. The zero-order valence-electron chi connectivity index (χ0n) is 16.8. The summed E-state index contributed by atoms with van der Waals surface area (Å²) in [7, 11) is -4.64. The van der Waals surface area contributed by atoms with E-state index in [1.807, 2.05) is 0 Å². The normalized spacial score (nSPS) is 12.9. The van der Waals surface area contributed by atoms with Crippen molar-refractivity contribution in [2.75, 3.05) is 0 Å². The summed E-state index contributed by atoms with van der Waals surface area (Å²) < 4.78 is 8.88. The van der Waals surface area contributed by atoms with Crippen molar-refractivity contribution in [1.82, 2.24) is 0 Å². The summed E-state index contributed by atoms with van der Waals surface area (Å²) in [5, 5.41) is 82.1. The Kier molecular flexibility index (Phi) is 19.3. The van der Waals surface area contributed by atoms with Crippen LogP contribution in [0.3, 0.4) is 0 Å². The van der Waals surface area contributed by atoms with Crippen LogP contribution in [0.2, 0.25) is 0 Å². The molecule has 0 heterocycles. The van der Waals surface area contributed by atoms with Gasteiger partial charge >= 0.3 is 43.6 Å². The molecule has 0 radical (unpaired) electrons. The van der Waals surface area contributed by atoms with Crippen molar-refractivity contribution in [2.24, 2.45) is 0 Å². The lowest BCUT2D eigenvalue weighted by atomic mass is 9.96. The quantitative estimate of drug-likeness (QED) is 0.124. The van der Waals surface area contributed by atoms with Gasteiger partial charge < -0.3 is 65.7 Å². The number of aliphatic carboxylic acids is 6. The standard InChI is InChI=1S/C6H8O7.C4H6O6.C3H6O3.H3O4P/c7-3(8)1-6(13,5(11)12)2-4(9)10;5-1(3(7)8)2(6)4(9)10;1-2(4)3(5)6;1-5(2,3)4/h13H,1-2H2,(H,7,8)(H,9,10)(H,11,12);1-2,5-6H,(H,7,8)(H,9,10);2,4H,1H3,(H,5,6);(H3,1,2,3,4). The van der Waals surface area contributed by atoms with E-state index in [2.05, 4.69) is 0 Å². The largest absolute Gasteiger partial charge is 0.481 e. The first-order chi connectivity index (χ1) is 14.9. The van der Waals surface area contributed by atoms with Crippen LogP contribution in [0.5, 0.6) is 0 Å². The van der Waals surface area contributed by atoms with Crippen molar-refractivity contribution in [1.29, 1.82) is 0 Å². The number of carboxylic acids is 6. The maximum Gasteiger partial charge on any atom is 0.466 e. The average molecular weight is 530 g/mol. The summed E-state index contributed by atoms with van der Waals surface area (Å²) in [4.78, 5) is 81.0. The van der Waals surface area contributed by atoms with Gasteiger partial charge in [0, 0.05) is 0 Å². The summed E-state index contributed by atoms with van der Waals surface area (Å²) in [6.07, 6.45) is -8.05. The van der Waals surface area contributed by atoms with Gasteiger partial charge in [-0.05, 0) is 6.92 Å².